The monoisotopic (exact) mass is 281 g/mol. The molecule has 1 rings (SSSR count). The fourth-order valence-corrected chi connectivity index (χ4v) is 1.37. The van der Waals surface area contributed by atoms with E-state index in [9.17, 15) is 9.59 Å². The number of halogens is 1. The van der Waals surface area contributed by atoms with Crippen LogP contribution in [0.15, 0.2) is 29.4 Å². The molecule has 1 atom stereocenters. The van der Waals surface area contributed by atoms with E-state index in [1.165, 1.54) is 6.21 Å². The first-order chi connectivity index (χ1) is 9.04. The van der Waals surface area contributed by atoms with Gasteiger partial charge in [-0.1, -0.05) is 36.7 Å². The highest BCUT2D eigenvalue weighted by Crippen LogP contribution is 2.11. The van der Waals surface area contributed by atoms with Gasteiger partial charge < -0.3 is 5.32 Å². The Morgan fingerprint density at radius 1 is 1.37 bits per heavy atom. The van der Waals surface area contributed by atoms with Crippen LogP contribution in [0.25, 0.3) is 0 Å². The van der Waals surface area contributed by atoms with Gasteiger partial charge in [-0.15, -0.1) is 0 Å². The van der Waals surface area contributed by atoms with Gasteiger partial charge in [-0.3, -0.25) is 9.59 Å². The molecule has 0 saturated carbocycles. The molecule has 0 fully saturated rings. The van der Waals surface area contributed by atoms with Crippen LogP contribution in [0.1, 0.15) is 25.8 Å². The summed E-state index contributed by atoms with van der Waals surface area (Å²) in [6, 6.07) is 6.99. The first-order valence-corrected chi connectivity index (χ1v) is 6.30. The van der Waals surface area contributed by atoms with Crippen LogP contribution in [0.4, 0.5) is 0 Å². The third kappa shape index (κ3) is 5.09. The van der Waals surface area contributed by atoms with E-state index >= 15 is 0 Å². The van der Waals surface area contributed by atoms with Crippen molar-refractivity contribution in [3.63, 3.8) is 0 Å². The highest BCUT2D eigenvalue weighted by molar-refractivity contribution is 6.35. The number of hydrazone groups is 1. The van der Waals surface area contributed by atoms with Crippen molar-refractivity contribution in [2.75, 3.05) is 0 Å². The minimum atomic E-state index is -0.802. The van der Waals surface area contributed by atoms with Crippen LogP contribution in [0.2, 0.25) is 5.02 Å². The van der Waals surface area contributed by atoms with Gasteiger partial charge in [0, 0.05) is 16.6 Å². The van der Waals surface area contributed by atoms with Crippen LogP contribution in [0.5, 0.6) is 0 Å². The van der Waals surface area contributed by atoms with Gasteiger partial charge in [0.1, 0.15) is 0 Å². The van der Waals surface area contributed by atoms with E-state index in [-0.39, 0.29) is 6.04 Å². The first kappa shape index (κ1) is 15.2. The van der Waals surface area contributed by atoms with Crippen LogP contribution < -0.4 is 10.7 Å². The predicted molar refractivity (Wildman–Crippen MR) is 75.1 cm³/mol. The minimum absolute atomic E-state index is 0.0502. The fraction of sp³-hybridized carbons (Fsp3) is 0.308. The lowest BCUT2D eigenvalue weighted by atomic mass is 10.2. The maximum Gasteiger partial charge on any atom is 0.329 e. The Hall–Kier alpha value is -1.88. The van der Waals surface area contributed by atoms with Gasteiger partial charge >= 0.3 is 11.8 Å². The molecule has 1 aromatic rings. The van der Waals surface area contributed by atoms with Gasteiger partial charge in [-0.2, -0.15) is 5.10 Å². The topological polar surface area (TPSA) is 70.6 Å². The quantitative estimate of drug-likeness (QED) is 0.501. The molecule has 0 spiro atoms. The SMILES string of the molecule is CC[C@H](C)NC(=O)C(=O)N/N=C\c1ccccc1Cl. The van der Waals surface area contributed by atoms with E-state index in [0.717, 1.165) is 6.42 Å². The van der Waals surface area contributed by atoms with Crippen LogP contribution in [0, 0.1) is 0 Å². The summed E-state index contributed by atoms with van der Waals surface area (Å²) in [6.07, 6.45) is 2.14. The second-order valence-electron chi connectivity index (χ2n) is 4.00. The maximum atomic E-state index is 11.4. The Morgan fingerprint density at radius 2 is 2.05 bits per heavy atom. The van der Waals surface area contributed by atoms with E-state index in [4.69, 9.17) is 11.6 Å². The number of rotatable bonds is 4. The van der Waals surface area contributed by atoms with Crippen molar-refractivity contribution in [2.45, 2.75) is 26.3 Å². The number of nitrogens with one attached hydrogen (secondary N) is 2. The van der Waals surface area contributed by atoms with E-state index in [0.29, 0.717) is 10.6 Å². The van der Waals surface area contributed by atoms with Gasteiger partial charge in [0.15, 0.2) is 0 Å². The molecular formula is C13H16ClN3O2. The molecule has 0 heterocycles. The Balaban J connectivity index is 2.50. The van der Waals surface area contributed by atoms with Crippen molar-refractivity contribution in [1.82, 2.24) is 10.7 Å². The zero-order valence-corrected chi connectivity index (χ0v) is 11.6. The summed E-state index contributed by atoms with van der Waals surface area (Å²) in [7, 11) is 0. The highest BCUT2D eigenvalue weighted by Gasteiger charge is 2.14. The molecule has 2 amide bonds. The molecule has 0 bridgehead atoms. The van der Waals surface area contributed by atoms with Gasteiger partial charge in [-0.05, 0) is 19.4 Å². The first-order valence-electron chi connectivity index (χ1n) is 5.93. The van der Waals surface area contributed by atoms with Crippen LogP contribution in [-0.2, 0) is 9.59 Å². The number of carbonyl (C=O) groups is 2. The second-order valence-corrected chi connectivity index (χ2v) is 4.41. The van der Waals surface area contributed by atoms with Crippen LogP contribution in [0.3, 0.4) is 0 Å². The Bertz CT molecular complexity index is 489. The third-order valence-corrected chi connectivity index (χ3v) is 2.82. The molecular weight excluding hydrogens is 266 g/mol. The van der Waals surface area contributed by atoms with Crippen LogP contribution in [-0.4, -0.2) is 24.1 Å². The number of carbonyl (C=O) groups excluding carboxylic acids is 2. The third-order valence-electron chi connectivity index (χ3n) is 2.47. The van der Waals surface area contributed by atoms with Gasteiger partial charge in [-0.25, -0.2) is 5.43 Å². The lowest BCUT2D eigenvalue weighted by Crippen LogP contribution is -2.41. The molecule has 2 N–H and O–H groups in total. The lowest BCUT2D eigenvalue weighted by molar-refractivity contribution is -0.139. The maximum absolute atomic E-state index is 11.4. The van der Waals surface area contributed by atoms with Gasteiger partial charge in [0.25, 0.3) is 0 Å². The second kappa shape index (κ2) is 7.53. The number of amides is 2. The average Bonchev–Trinajstić information content (AvgIpc) is 2.40. The summed E-state index contributed by atoms with van der Waals surface area (Å²) in [5, 5.41) is 6.74. The summed E-state index contributed by atoms with van der Waals surface area (Å²) in [5.74, 6) is -1.51. The minimum Gasteiger partial charge on any atom is -0.345 e. The standard InChI is InChI=1S/C13H16ClN3O2/c1-3-9(2)16-12(18)13(19)17-15-8-10-6-4-5-7-11(10)14/h4-9H,3H2,1-2H3,(H,16,18)(H,17,19)/b15-8-/t9-/m0/s1. The molecule has 0 aliphatic carbocycles. The normalized spacial score (nSPS) is 12.2. The Morgan fingerprint density at radius 3 is 2.68 bits per heavy atom. The van der Waals surface area contributed by atoms with Gasteiger partial charge in [0.05, 0.1) is 6.21 Å². The molecule has 0 saturated heterocycles. The van der Waals surface area contributed by atoms with E-state index in [2.05, 4.69) is 15.8 Å². The van der Waals surface area contributed by atoms with E-state index in [1.54, 1.807) is 24.3 Å². The Kier molecular flexibility index (Phi) is 6.02. The van der Waals surface area contributed by atoms with Crippen molar-refractivity contribution in [2.24, 2.45) is 5.10 Å². The Labute approximate surface area is 117 Å². The molecule has 19 heavy (non-hydrogen) atoms. The summed E-state index contributed by atoms with van der Waals surface area (Å²) < 4.78 is 0. The van der Waals surface area contributed by atoms with E-state index in [1.807, 2.05) is 13.8 Å². The molecule has 5 nitrogen and oxygen atoms in total. The fourth-order valence-electron chi connectivity index (χ4n) is 1.18. The molecule has 0 unspecified atom stereocenters. The summed E-state index contributed by atoms with van der Waals surface area (Å²) >= 11 is 5.91. The smallest absolute Gasteiger partial charge is 0.329 e. The highest BCUT2D eigenvalue weighted by atomic mass is 35.5. The lowest BCUT2D eigenvalue weighted by Gasteiger charge is -2.09. The van der Waals surface area contributed by atoms with Crippen molar-refractivity contribution < 1.29 is 9.59 Å². The van der Waals surface area contributed by atoms with Gasteiger partial charge in [0.2, 0.25) is 0 Å². The zero-order valence-electron chi connectivity index (χ0n) is 10.8. The molecule has 102 valence electrons. The van der Waals surface area contributed by atoms with Crippen molar-refractivity contribution in [1.29, 1.82) is 0 Å². The molecule has 0 aliphatic rings. The van der Waals surface area contributed by atoms with Crippen molar-refractivity contribution >= 4 is 29.6 Å². The zero-order chi connectivity index (χ0) is 14.3. The largest absolute Gasteiger partial charge is 0.345 e. The molecule has 1 aromatic carbocycles. The summed E-state index contributed by atoms with van der Waals surface area (Å²) in [4.78, 5) is 22.8. The molecule has 0 radical (unpaired) electrons. The summed E-state index contributed by atoms with van der Waals surface area (Å²) in [6.45, 7) is 3.73. The predicted octanol–water partition coefficient (Wildman–Crippen LogP) is 1.70. The van der Waals surface area contributed by atoms with Crippen molar-refractivity contribution in [3.05, 3.63) is 34.9 Å². The molecule has 0 aromatic heterocycles. The summed E-state index contributed by atoms with van der Waals surface area (Å²) in [5.41, 5.74) is 2.81. The van der Waals surface area contributed by atoms with Crippen molar-refractivity contribution in [3.8, 4) is 0 Å². The van der Waals surface area contributed by atoms with E-state index < -0.39 is 11.8 Å². The number of hydrogen-bond donors (Lipinski definition) is 2. The molecule has 0 aliphatic heterocycles. The number of nitrogens with zero attached hydrogens (tertiary/aromatic N) is 1. The number of hydrogen-bond acceptors (Lipinski definition) is 3. The average molecular weight is 282 g/mol. The number of benzene rings is 1. The van der Waals surface area contributed by atoms with Crippen LogP contribution >= 0.6 is 11.6 Å². The molecule has 6 heteroatoms.